The number of nitrogens with one attached hydrogen (secondary N) is 1. The molecule has 0 aliphatic carbocycles. The summed E-state index contributed by atoms with van der Waals surface area (Å²) >= 11 is 0. The normalized spacial score (nSPS) is 11.0. The number of aromatic nitrogens is 4. The van der Waals surface area contributed by atoms with Gasteiger partial charge in [-0.2, -0.15) is 4.52 Å². The van der Waals surface area contributed by atoms with Gasteiger partial charge in [0.05, 0.1) is 13.5 Å². The van der Waals surface area contributed by atoms with E-state index in [1.54, 1.807) is 11.6 Å². The fourth-order valence-corrected chi connectivity index (χ4v) is 3.69. The number of rotatable bonds is 6. The zero-order valence-corrected chi connectivity index (χ0v) is 17.3. The predicted octanol–water partition coefficient (Wildman–Crippen LogP) is 3.72. The highest BCUT2D eigenvalue weighted by Gasteiger charge is 2.16. The molecule has 8 heteroatoms. The molecule has 2 aromatic heterocycles. The smallest absolute Gasteiger partial charge is 0.221 e. The highest BCUT2D eigenvalue weighted by molar-refractivity contribution is 6.01. The van der Waals surface area contributed by atoms with Crippen molar-refractivity contribution in [3.63, 3.8) is 0 Å². The van der Waals surface area contributed by atoms with E-state index >= 15 is 0 Å². The first kappa shape index (κ1) is 19.5. The van der Waals surface area contributed by atoms with Crippen molar-refractivity contribution in [2.75, 3.05) is 12.4 Å². The van der Waals surface area contributed by atoms with Gasteiger partial charge in [-0.05, 0) is 42.0 Å². The molecule has 158 valence electrons. The lowest BCUT2D eigenvalue weighted by Crippen LogP contribution is -2.13. The van der Waals surface area contributed by atoms with Crippen LogP contribution in [0.3, 0.4) is 0 Å². The number of carbonyl (C=O) groups is 1. The second kappa shape index (κ2) is 7.99. The quantitative estimate of drug-likeness (QED) is 0.430. The fourth-order valence-electron chi connectivity index (χ4n) is 3.69. The molecular formula is C24H20N6O2. The maximum absolute atomic E-state index is 11.3. The van der Waals surface area contributed by atoms with Crippen LogP contribution in [0.25, 0.3) is 27.8 Å². The molecule has 0 atom stereocenters. The summed E-state index contributed by atoms with van der Waals surface area (Å²) in [6, 6.07) is 23.0. The van der Waals surface area contributed by atoms with Gasteiger partial charge < -0.3 is 15.8 Å². The first-order valence-corrected chi connectivity index (χ1v) is 10.1. The van der Waals surface area contributed by atoms with E-state index in [0.29, 0.717) is 17.3 Å². The second-order valence-electron chi connectivity index (χ2n) is 7.35. The molecule has 0 saturated carbocycles. The average molecular weight is 424 g/mol. The van der Waals surface area contributed by atoms with E-state index in [4.69, 9.17) is 15.6 Å². The van der Waals surface area contributed by atoms with E-state index in [9.17, 15) is 4.79 Å². The molecule has 0 fully saturated rings. The maximum atomic E-state index is 11.3. The number of nitrogens with two attached hydrogens (primary N) is 1. The van der Waals surface area contributed by atoms with Gasteiger partial charge in [0.15, 0.2) is 17.3 Å². The summed E-state index contributed by atoms with van der Waals surface area (Å²) in [4.78, 5) is 11.3. The molecule has 0 aliphatic rings. The molecule has 1 amide bonds. The first-order valence-electron chi connectivity index (χ1n) is 10.1. The number of fused-ring (bicyclic) bond motifs is 3. The Morgan fingerprint density at radius 3 is 2.53 bits per heavy atom. The van der Waals surface area contributed by atoms with E-state index < -0.39 is 0 Å². The molecule has 0 spiro atoms. The predicted molar refractivity (Wildman–Crippen MR) is 123 cm³/mol. The third-order valence-electron chi connectivity index (χ3n) is 5.18. The highest BCUT2D eigenvalue weighted by Crippen LogP contribution is 2.30. The summed E-state index contributed by atoms with van der Waals surface area (Å²) in [5, 5.41) is 18.8. The molecule has 3 N–H and O–H groups in total. The molecule has 0 bridgehead atoms. The third-order valence-corrected chi connectivity index (χ3v) is 5.18. The van der Waals surface area contributed by atoms with Crippen LogP contribution in [0.1, 0.15) is 5.56 Å². The van der Waals surface area contributed by atoms with Crippen LogP contribution >= 0.6 is 0 Å². The molecule has 5 rings (SSSR count). The minimum Gasteiger partial charge on any atom is -0.497 e. The van der Waals surface area contributed by atoms with Gasteiger partial charge in [0.25, 0.3) is 0 Å². The molecule has 0 unspecified atom stereocenters. The number of hydrogen-bond acceptors (Lipinski definition) is 6. The molecule has 5 aromatic rings. The number of carbonyl (C=O) groups excluding carboxylic acids is 1. The topological polar surface area (TPSA) is 107 Å². The summed E-state index contributed by atoms with van der Waals surface area (Å²) in [5.74, 6) is 1.66. The van der Waals surface area contributed by atoms with E-state index in [0.717, 1.165) is 33.3 Å². The van der Waals surface area contributed by atoms with Crippen molar-refractivity contribution in [3.05, 3.63) is 78.4 Å². The summed E-state index contributed by atoms with van der Waals surface area (Å²) in [6.07, 6.45) is 0.176. The van der Waals surface area contributed by atoms with Crippen molar-refractivity contribution in [2.24, 2.45) is 5.73 Å². The number of nitrogens with zero attached hydrogens (tertiary/aromatic N) is 4. The van der Waals surface area contributed by atoms with Crippen molar-refractivity contribution in [1.29, 1.82) is 0 Å². The number of ether oxygens (including phenoxy) is 1. The van der Waals surface area contributed by atoms with E-state index in [1.807, 2.05) is 72.8 Å². The Labute approximate surface area is 183 Å². The number of anilines is 2. The van der Waals surface area contributed by atoms with Gasteiger partial charge in [-0.1, -0.05) is 36.4 Å². The van der Waals surface area contributed by atoms with Crippen LogP contribution < -0.4 is 15.8 Å². The van der Waals surface area contributed by atoms with E-state index in [1.165, 1.54) is 0 Å². The Hall–Kier alpha value is -4.46. The Balaban J connectivity index is 1.64. The molecule has 3 aromatic carbocycles. The molecule has 8 nitrogen and oxygen atoms in total. The SMILES string of the molecule is COc1ccc(-c2nnc3c4ccccc4c(Nc4cccc(CC(N)=O)c4)nn23)cc1. The van der Waals surface area contributed by atoms with Crippen molar-refractivity contribution in [3.8, 4) is 17.1 Å². The summed E-state index contributed by atoms with van der Waals surface area (Å²) in [5.41, 5.74) is 8.52. The van der Waals surface area contributed by atoms with E-state index in [2.05, 4.69) is 15.5 Å². The van der Waals surface area contributed by atoms with Gasteiger partial charge >= 0.3 is 0 Å². The van der Waals surface area contributed by atoms with Crippen molar-refractivity contribution in [1.82, 2.24) is 19.8 Å². The Morgan fingerprint density at radius 1 is 1.00 bits per heavy atom. The maximum Gasteiger partial charge on any atom is 0.221 e. The van der Waals surface area contributed by atoms with Crippen molar-refractivity contribution < 1.29 is 9.53 Å². The second-order valence-corrected chi connectivity index (χ2v) is 7.35. The lowest BCUT2D eigenvalue weighted by Gasteiger charge is -2.11. The number of benzene rings is 3. The molecule has 0 aliphatic heterocycles. The Kier molecular flexibility index (Phi) is 4.87. The van der Waals surface area contributed by atoms with Crippen LogP contribution in [-0.4, -0.2) is 32.8 Å². The van der Waals surface area contributed by atoms with Crippen LogP contribution in [0, 0.1) is 0 Å². The highest BCUT2D eigenvalue weighted by atomic mass is 16.5. The zero-order chi connectivity index (χ0) is 22.1. The lowest BCUT2D eigenvalue weighted by atomic mass is 10.1. The summed E-state index contributed by atoms with van der Waals surface area (Å²) in [7, 11) is 1.63. The monoisotopic (exact) mass is 424 g/mol. The molecule has 0 saturated heterocycles. The van der Waals surface area contributed by atoms with Crippen LogP contribution in [0.15, 0.2) is 72.8 Å². The summed E-state index contributed by atoms with van der Waals surface area (Å²) in [6.45, 7) is 0. The third kappa shape index (κ3) is 3.58. The first-order chi connectivity index (χ1) is 15.6. The van der Waals surface area contributed by atoms with Crippen LogP contribution in [0.4, 0.5) is 11.5 Å². The van der Waals surface area contributed by atoms with Crippen LogP contribution in [-0.2, 0) is 11.2 Å². The fraction of sp³-hybridized carbons (Fsp3) is 0.0833. The van der Waals surface area contributed by atoms with Crippen LogP contribution in [0.5, 0.6) is 5.75 Å². The molecular weight excluding hydrogens is 404 g/mol. The minimum atomic E-state index is -0.374. The lowest BCUT2D eigenvalue weighted by molar-refractivity contribution is -0.117. The number of methoxy groups -OCH3 is 1. The van der Waals surface area contributed by atoms with Crippen molar-refractivity contribution in [2.45, 2.75) is 6.42 Å². The number of amides is 1. The van der Waals surface area contributed by atoms with Gasteiger partial charge in [0.1, 0.15) is 5.75 Å². The van der Waals surface area contributed by atoms with Crippen molar-refractivity contribution >= 4 is 33.8 Å². The standard InChI is InChI=1S/C24H20N6O2/c1-32-18-11-9-16(10-12-18)23-27-28-24-20-8-3-2-7-19(20)22(29-30(23)24)26-17-6-4-5-15(13-17)14-21(25)31/h2-13H,14H2,1H3,(H2,25,31)(H,26,29). The van der Waals surface area contributed by atoms with Gasteiger partial charge in [-0.25, -0.2) is 0 Å². The Bertz CT molecular complexity index is 1440. The van der Waals surface area contributed by atoms with Gasteiger partial charge in [0.2, 0.25) is 5.91 Å². The summed E-state index contributed by atoms with van der Waals surface area (Å²) < 4.78 is 6.99. The number of hydrogen-bond donors (Lipinski definition) is 2. The van der Waals surface area contributed by atoms with Gasteiger partial charge in [-0.15, -0.1) is 15.3 Å². The molecule has 0 radical (unpaired) electrons. The number of primary amides is 1. The zero-order valence-electron chi connectivity index (χ0n) is 17.3. The van der Waals surface area contributed by atoms with E-state index in [-0.39, 0.29) is 12.3 Å². The van der Waals surface area contributed by atoms with Crippen LogP contribution in [0.2, 0.25) is 0 Å². The van der Waals surface area contributed by atoms with Gasteiger partial charge in [0, 0.05) is 22.0 Å². The minimum absolute atomic E-state index is 0.176. The molecule has 2 heterocycles. The largest absolute Gasteiger partial charge is 0.497 e. The Morgan fingerprint density at radius 2 is 1.78 bits per heavy atom. The average Bonchev–Trinajstić information content (AvgIpc) is 3.23. The van der Waals surface area contributed by atoms with Gasteiger partial charge in [-0.3, -0.25) is 4.79 Å². The molecule has 32 heavy (non-hydrogen) atoms.